The first-order valence-corrected chi connectivity index (χ1v) is 5.91. The molecule has 2 aliphatic rings. The van der Waals surface area contributed by atoms with Crippen LogP contribution < -0.4 is 0 Å². The summed E-state index contributed by atoms with van der Waals surface area (Å²) < 4.78 is 0. The van der Waals surface area contributed by atoms with E-state index in [1.165, 1.54) is 23.3 Å². The summed E-state index contributed by atoms with van der Waals surface area (Å²) in [6.07, 6.45) is 4.72. The number of fused-ring (bicyclic) bond motifs is 4. The fourth-order valence-corrected chi connectivity index (χ4v) is 3.92. The van der Waals surface area contributed by atoms with E-state index in [-0.39, 0.29) is 0 Å². The molecule has 0 aliphatic carbocycles. The Hall–Kier alpha value is -0.670. The lowest BCUT2D eigenvalue weighted by Crippen LogP contribution is -2.33. The third kappa shape index (κ3) is 1.03. The molecule has 0 amide bonds. The summed E-state index contributed by atoms with van der Waals surface area (Å²) in [5.74, 6) is 0. The Bertz CT molecular complexity index is 385. The van der Waals surface area contributed by atoms with Gasteiger partial charge in [-0.1, -0.05) is 0 Å². The van der Waals surface area contributed by atoms with Crippen LogP contribution in [-0.4, -0.2) is 24.3 Å². The fourth-order valence-electron chi connectivity index (χ4n) is 2.81. The molecule has 14 heavy (non-hydrogen) atoms. The van der Waals surface area contributed by atoms with Crippen molar-refractivity contribution in [2.45, 2.75) is 31.3 Å². The van der Waals surface area contributed by atoms with E-state index in [4.69, 9.17) is 0 Å². The van der Waals surface area contributed by atoms with Gasteiger partial charge >= 0.3 is 0 Å². The Labute approximate surface area is 87.5 Å². The maximum absolute atomic E-state index is 10.7. The fraction of sp³-hybridized carbons (Fsp3) is 0.545. The number of rotatable bonds is 1. The lowest BCUT2D eigenvalue weighted by Gasteiger charge is -2.30. The molecule has 2 atom stereocenters. The van der Waals surface area contributed by atoms with E-state index in [0.29, 0.717) is 6.04 Å². The highest BCUT2D eigenvalue weighted by molar-refractivity contribution is 7.13. The van der Waals surface area contributed by atoms with Crippen LogP contribution in [0.4, 0.5) is 0 Å². The molecule has 74 valence electrons. The molecule has 0 N–H and O–H groups in total. The molecule has 2 nitrogen and oxygen atoms in total. The van der Waals surface area contributed by atoms with Crippen molar-refractivity contribution in [3.63, 3.8) is 0 Å². The van der Waals surface area contributed by atoms with Gasteiger partial charge in [-0.05, 0) is 37.9 Å². The van der Waals surface area contributed by atoms with Crippen molar-refractivity contribution >= 4 is 17.6 Å². The van der Waals surface area contributed by atoms with Crippen molar-refractivity contribution in [1.29, 1.82) is 0 Å². The molecule has 1 aromatic heterocycles. The number of nitrogens with zero attached hydrogens (tertiary/aromatic N) is 1. The van der Waals surface area contributed by atoms with Gasteiger partial charge in [0.1, 0.15) is 0 Å². The first-order valence-electron chi connectivity index (χ1n) is 5.09. The molecule has 3 heteroatoms. The molecule has 0 spiro atoms. The minimum atomic E-state index is 0.591. The van der Waals surface area contributed by atoms with Crippen LogP contribution in [0.1, 0.15) is 39.0 Å². The standard InChI is InChI=1S/C11H13NOS/c1-12-7-2-3-10(12)9-5-8(6-13)14-11(9)4-7/h5-7,10H,2-4H2,1H3. The van der Waals surface area contributed by atoms with Gasteiger partial charge < -0.3 is 0 Å². The summed E-state index contributed by atoms with van der Waals surface area (Å²) in [5.41, 5.74) is 1.42. The van der Waals surface area contributed by atoms with Crippen molar-refractivity contribution in [2.24, 2.45) is 0 Å². The maximum atomic E-state index is 10.7. The van der Waals surface area contributed by atoms with Gasteiger partial charge in [0, 0.05) is 17.0 Å². The van der Waals surface area contributed by atoms with Crippen LogP contribution in [0, 0.1) is 0 Å². The molecule has 1 fully saturated rings. The van der Waals surface area contributed by atoms with E-state index in [1.54, 1.807) is 11.3 Å². The van der Waals surface area contributed by atoms with Gasteiger partial charge in [-0.3, -0.25) is 9.69 Å². The second-order valence-corrected chi connectivity index (χ2v) is 5.43. The van der Waals surface area contributed by atoms with Gasteiger partial charge in [0.25, 0.3) is 0 Å². The van der Waals surface area contributed by atoms with E-state index in [0.717, 1.165) is 23.6 Å². The smallest absolute Gasteiger partial charge is 0.160 e. The Balaban J connectivity index is 2.09. The van der Waals surface area contributed by atoms with Crippen molar-refractivity contribution in [1.82, 2.24) is 4.90 Å². The first-order chi connectivity index (χ1) is 6.79. The van der Waals surface area contributed by atoms with Gasteiger partial charge in [-0.25, -0.2) is 0 Å². The summed E-state index contributed by atoms with van der Waals surface area (Å²) in [4.78, 5) is 15.5. The highest BCUT2D eigenvalue weighted by Gasteiger charge is 2.38. The number of hydrogen-bond acceptors (Lipinski definition) is 3. The normalized spacial score (nSPS) is 30.4. The Kier molecular flexibility index (Phi) is 1.79. The monoisotopic (exact) mass is 207 g/mol. The second kappa shape index (κ2) is 2.91. The van der Waals surface area contributed by atoms with E-state index in [1.807, 2.05) is 0 Å². The number of thiophene rings is 1. The van der Waals surface area contributed by atoms with Crippen molar-refractivity contribution in [3.8, 4) is 0 Å². The van der Waals surface area contributed by atoms with Crippen LogP contribution in [0.2, 0.25) is 0 Å². The Morgan fingerprint density at radius 3 is 3.21 bits per heavy atom. The summed E-state index contributed by atoms with van der Waals surface area (Å²) in [7, 11) is 2.21. The molecular weight excluding hydrogens is 194 g/mol. The molecule has 0 saturated carbocycles. The molecule has 1 aromatic rings. The lowest BCUT2D eigenvalue weighted by molar-refractivity contribution is 0.112. The zero-order valence-electron chi connectivity index (χ0n) is 8.19. The van der Waals surface area contributed by atoms with E-state index >= 15 is 0 Å². The maximum Gasteiger partial charge on any atom is 0.160 e. The largest absolute Gasteiger partial charge is 0.297 e. The van der Waals surface area contributed by atoms with Gasteiger partial charge in [-0.2, -0.15) is 0 Å². The molecule has 0 aromatic carbocycles. The molecule has 0 radical (unpaired) electrons. The minimum absolute atomic E-state index is 0.591. The highest BCUT2D eigenvalue weighted by atomic mass is 32.1. The van der Waals surface area contributed by atoms with Crippen molar-refractivity contribution in [2.75, 3.05) is 7.05 Å². The van der Waals surface area contributed by atoms with Crippen molar-refractivity contribution < 1.29 is 4.79 Å². The van der Waals surface area contributed by atoms with Crippen LogP contribution >= 0.6 is 11.3 Å². The number of carbonyl (C=O) groups is 1. The predicted octanol–water partition coefficient (Wildman–Crippen LogP) is 2.25. The third-order valence-corrected chi connectivity index (χ3v) is 4.70. The summed E-state index contributed by atoms with van der Waals surface area (Å²) in [5, 5.41) is 0. The Morgan fingerprint density at radius 1 is 1.57 bits per heavy atom. The minimum Gasteiger partial charge on any atom is -0.297 e. The zero-order chi connectivity index (χ0) is 9.71. The molecule has 1 saturated heterocycles. The summed E-state index contributed by atoms with van der Waals surface area (Å²) in [6, 6.07) is 3.41. The summed E-state index contributed by atoms with van der Waals surface area (Å²) in [6.45, 7) is 0. The first kappa shape index (κ1) is 8.62. The SMILES string of the molecule is CN1C2CCC1c1cc(C=O)sc1C2. The van der Waals surface area contributed by atoms with Crippen LogP contribution in [0.25, 0.3) is 0 Å². The lowest BCUT2D eigenvalue weighted by atomic mass is 10.0. The van der Waals surface area contributed by atoms with E-state index in [9.17, 15) is 4.79 Å². The second-order valence-electron chi connectivity index (χ2n) is 4.26. The average molecular weight is 207 g/mol. The van der Waals surface area contributed by atoms with Gasteiger partial charge in [0.15, 0.2) is 6.29 Å². The number of carbonyl (C=O) groups excluding carboxylic acids is 1. The van der Waals surface area contributed by atoms with Crippen LogP contribution in [0.3, 0.4) is 0 Å². The molecular formula is C11H13NOS. The average Bonchev–Trinajstić information content (AvgIpc) is 2.69. The highest BCUT2D eigenvalue weighted by Crippen LogP contribution is 2.45. The van der Waals surface area contributed by atoms with Crippen LogP contribution in [0.15, 0.2) is 6.07 Å². The van der Waals surface area contributed by atoms with Gasteiger partial charge in [0.2, 0.25) is 0 Å². The van der Waals surface area contributed by atoms with Gasteiger partial charge in [0.05, 0.1) is 4.88 Å². The quantitative estimate of drug-likeness (QED) is 0.658. The topological polar surface area (TPSA) is 20.3 Å². The van der Waals surface area contributed by atoms with Crippen LogP contribution in [-0.2, 0) is 6.42 Å². The van der Waals surface area contributed by atoms with Gasteiger partial charge in [-0.15, -0.1) is 11.3 Å². The van der Waals surface area contributed by atoms with Crippen molar-refractivity contribution in [3.05, 3.63) is 21.4 Å². The molecule has 2 bridgehead atoms. The number of aldehydes is 1. The molecule has 2 unspecified atom stereocenters. The molecule has 2 aliphatic heterocycles. The Morgan fingerprint density at radius 2 is 2.43 bits per heavy atom. The predicted molar refractivity (Wildman–Crippen MR) is 56.9 cm³/mol. The van der Waals surface area contributed by atoms with E-state index in [2.05, 4.69) is 18.0 Å². The molecule has 3 rings (SSSR count). The summed E-state index contributed by atoms with van der Waals surface area (Å²) >= 11 is 1.69. The third-order valence-electron chi connectivity index (χ3n) is 3.60. The number of likely N-dealkylation sites (N-methyl/N-ethyl adjacent to an activating group) is 1. The number of hydrogen-bond donors (Lipinski definition) is 0. The molecule has 3 heterocycles. The van der Waals surface area contributed by atoms with E-state index < -0.39 is 0 Å². The zero-order valence-corrected chi connectivity index (χ0v) is 9.01. The van der Waals surface area contributed by atoms with Crippen LogP contribution in [0.5, 0.6) is 0 Å².